The highest BCUT2D eigenvalue weighted by atomic mass is 16.6. The third-order valence-electron chi connectivity index (χ3n) is 4.55. The highest BCUT2D eigenvalue weighted by molar-refractivity contribution is 5.88. The number of anilines is 2. The van der Waals surface area contributed by atoms with E-state index in [0.29, 0.717) is 37.7 Å². The molecule has 2 N–H and O–H groups in total. The Labute approximate surface area is 180 Å². The largest absolute Gasteiger partial charge is 0.448 e. The van der Waals surface area contributed by atoms with E-state index in [2.05, 4.69) is 34.3 Å². The predicted octanol–water partition coefficient (Wildman–Crippen LogP) is 4.25. The van der Waals surface area contributed by atoms with E-state index < -0.39 is 12.2 Å². The molecule has 1 aromatic rings. The van der Waals surface area contributed by atoms with Crippen LogP contribution in [0.3, 0.4) is 0 Å². The molecular weight excluding hydrogens is 384 g/mol. The summed E-state index contributed by atoms with van der Waals surface area (Å²) in [6.45, 7) is 8.29. The topological polar surface area (TPSA) is 83.1 Å². The lowest BCUT2D eigenvalue weighted by Crippen LogP contribution is -2.26. The minimum atomic E-state index is -0.520. The minimum absolute atomic E-state index is 0.322. The van der Waals surface area contributed by atoms with Crippen LogP contribution in [0.15, 0.2) is 24.3 Å². The maximum absolute atomic E-state index is 12.0. The lowest BCUT2D eigenvalue weighted by molar-refractivity contribution is 0.145. The van der Waals surface area contributed by atoms with E-state index in [1.54, 1.807) is 24.3 Å². The van der Waals surface area contributed by atoms with Crippen molar-refractivity contribution in [3.63, 3.8) is 0 Å². The molecular formula is C22H38N4O4. The first-order valence-corrected chi connectivity index (χ1v) is 10.8. The van der Waals surface area contributed by atoms with Crippen molar-refractivity contribution in [1.29, 1.82) is 0 Å². The molecule has 0 bridgehead atoms. The molecule has 2 amide bonds. The Balaban J connectivity index is 2.32. The molecule has 8 heteroatoms. The number of ether oxygens (including phenoxy) is 2. The molecule has 0 aliphatic heterocycles. The normalized spacial score (nSPS) is 10.9. The average Bonchev–Trinajstić information content (AvgIpc) is 2.71. The zero-order valence-electron chi connectivity index (χ0n) is 18.9. The van der Waals surface area contributed by atoms with E-state index in [1.165, 1.54) is 0 Å². The van der Waals surface area contributed by atoms with E-state index in [0.717, 1.165) is 38.8 Å². The van der Waals surface area contributed by atoms with E-state index in [9.17, 15) is 9.59 Å². The van der Waals surface area contributed by atoms with Crippen LogP contribution in [0.25, 0.3) is 0 Å². The molecule has 30 heavy (non-hydrogen) atoms. The van der Waals surface area contributed by atoms with Crippen LogP contribution in [0, 0.1) is 0 Å². The van der Waals surface area contributed by atoms with Gasteiger partial charge in [0.05, 0.1) is 0 Å². The molecule has 0 spiro atoms. The van der Waals surface area contributed by atoms with Crippen LogP contribution in [0.1, 0.15) is 39.5 Å². The number of hydrogen-bond acceptors (Lipinski definition) is 6. The summed E-state index contributed by atoms with van der Waals surface area (Å²) >= 11 is 0. The molecule has 0 radical (unpaired) electrons. The quantitative estimate of drug-likeness (QED) is 0.466. The number of nitrogens with one attached hydrogen (secondary N) is 2. The van der Waals surface area contributed by atoms with Crippen LogP contribution in [0.5, 0.6) is 0 Å². The van der Waals surface area contributed by atoms with Gasteiger partial charge in [0.25, 0.3) is 0 Å². The van der Waals surface area contributed by atoms with Gasteiger partial charge in [-0.2, -0.15) is 0 Å². The maximum Gasteiger partial charge on any atom is 0.411 e. The molecule has 0 atom stereocenters. The van der Waals surface area contributed by atoms with Crippen LogP contribution in [-0.2, 0) is 9.47 Å². The summed E-state index contributed by atoms with van der Waals surface area (Å²) in [4.78, 5) is 28.2. The molecule has 1 rings (SSSR count). The summed E-state index contributed by atoms with van der Waals surface area (Å²) in [6, 6.07) is 6.85. The molecule has 0 aliphatic rings. The third-order valence-corrected chi connectivity index (χ3v) is 4.55. The Morgan fingerprint density at radius 2 is 1.23 bits per heavy atom. The lowest BCUT2D eigenvalue weighted by Gasteiger charge is -2.16. The predicted molar refractivity (Wildman–Crippen MR) is 121 cm³/mol. The molecule has 0 heterocycles. The molecule has 0 aromatic heterocycles. The van der Waals surface area contributed by atoms with E-state index >= 15 is 0 Å². The number of carbonyl (C=O) groups excluding carboxylic acids is 2. The van der Waals surface area contributed by atoms with Crippen LogP contribution >= 0.6 is 0 Å². The Bertz CT molecular complexity index is 578. The van der Waals surface area contributed by atoms with Crippen LogP contribution < -0.4 is 10.6 Å². The minimum Gasteiger partial charge on any atom is -0.448 e. The monoisotopic (exact) mass is 422 g/mol. The van der Waals surface area contributed by atoms with Crippen molar-refractivity contribution in [2.45, 2.75) is 39.5 Å². The number of benzene rings is 1. The van der Waals surface area contributed by atoms with Gasteiger partial charge in [-0.25, -0.2) is 9.59 Å². The van der Waals surface area contributed by atoms with Gasteiger partial charge in [-0.15, -0.1) is 0 Å². The zero-order chi connectivity index (χ0) is 22.2. The van der Waals surface area contributed by atoms with E-state index in [-0.39, 0.29) is 0 Å². The van der Waals surface area contributed by atoms with Crippen molar-refractivity contribution < 1.29 is 19.1 Å². The molecule has 0 saturated heterocycles. The molecule has 0 fully saturated rings. The first-order valence-electron chi connectivity index (χ1n) is 10.8. The number of nitrogens with zero attached hydrogens (tertiary/aromatic N) is 2. The molecule has 0 saturated carbocycles. The van der Waals surface area contributed by atoms with Crippen molar-refractivity contribution in [3.8, 4) is 0 Å². The second-order valence-electron chi connectivity index (χ2n) is 7.42. The van der Waals surface area contributed by atoms with Gasteiger partial charge >= 0.3 is 12.2 Å². The number of hydrogen-bond donors (Lipinski definition) is 2. The number of rotatable bonds is 14. The van der Waals surface area contributed by atoms with Crippen molar-refractivity contribution in [3.05, 3.63) is 24.3 Å². The van der Waals surface area contributed by atoms with Crippen LogP contribution in [0.4, 0.5) is 21.0 Å². The fourth-order valence-corrected chi connectivity index (χ4v) is 2.65. The highest BCUT2D eigenvalue weighted by Gasteiger charge is 2.08. The standard InChI is InChI=1S/C22H38N4O4/c1-5-7-12-25(3)14-16-29-21(27)23-19-10-9-11-20(18-19)24-22(28)30-17-15-26(4)13-8-6-2/h9-11,18H,5-8,12-17H2,1-4H3,(H,23,27)(H,24,28). The van der Waals surface area contributed by atoms with Gasteiger partial charge in [0.15, 0.2) is 0 Å². The molecule has 0 aliphatic carbocycles. The Hall–Kier alpha value is -2.32. The fraction of sp³-hybridized carbons (Fsp3) is 0.636. The molecule has 0 unspecified atom stereocenters. The molecule has 170 valence electrons. The van der Waals surface area contributed by atoms with Gasteiger partial charge in [0, 0.05) is 24.5 Å². The van der Waals surface area contributed by atoms with Gasteiger partial charge < -0.3 is 19.3 Å². The first-order chi connectivity index (χ1) is 14.4. The summed E-state index contributed by atoms with van der Waals surface area (Å²) in [5.41, 5.74) is 1.08. The van der Waals surface area contributed by atoms with Crippen molar-refractivity contribution in [2.75, 3.05) is 64.1 Å². The smallest absolute Gasteiger partial charge is 0.411 e. The summed E-state index contributed by atoms with van der Waals surface area (Å²) in [5.74, 6) is 0. The summed E-state index contributed by atoms with van der Waals surface area (Å²) in [7, 11) is 4.02. The number of likely N-dealkylation sites (N-methyl/N-ethyl adjacent to an activating group) is 2. The first kappa shape index (κ1) is 25.7. The molecule has 8 nitrogen and oxygen atoms in total. The van der Waals surface area contributed by atoms with Gasteiger partial charge in [0.1, 0.15) is 13.2 Å². The third kappa shape index (κ3) is 12.3. The lowest BCUT2D eigenvalue weighted by atomic mass is 10.3. The fourth-order valence-electron chi connectivity index (χ4n) is 2.65. The SMILES string of the molecule is CCCCN(C)CCOC(=O)Nc1cccc(NC(=O)OCCN(C)CCCC)c1. The van der Waals surface area contributed by atoms with Crippen molar-refractivity contribution in [2.24, 2.45) is 0 Å². The summed E-state index contributed by atoms with van der Waals surface area (Å²) < 4.78 is 10.4. The Morgan fingerprint density at radius 1 is 0.800 bits per heavy atom. The van der Waals surface area contributed by atoms with Gasteiger partial charge in [-0.3, -0.25) is 10.6 Å². The summed E-state index contributed by atoms with van der Waals surface area (Å²) in [6.07, 6.45) is 3.49. The number of amides is 2. The average molecular weight is 423 g/mol. The Morgan fingerprint density at radius 3 is 1.63 bits per heavy atom. The number of carbonyl (C=O) groups is 2. The van der Waals surface area contributed by atoms with Gasteiger partial charge in [-0.05, 0) is 58.2 Å². The maximum atomic E-state index is 12.0. The second kappa shape index (κ2) is 15.5. The molecule has 1 aromatic carbocycles. The highest BCUT2D eigenvalue weighted by Crippen LogP contribution is 2.15. The zero-order valence-corrected chi connectivity index (χ0v) is 18.9. The van der Waals surface area contributed by atoms with E-state index in [1.807, 2.05) is 14.1 Å². The van der Waals surface area contributed by atoms with Crippen molar-refractivity contribution >= 4 is 23.6 Å². The van der Waals surface area contributed by atoms with E-state index in [4.69, 9.17) is 9.47 Å². The van der Waals surface area contributed by atoms with Crippen molar-refractivity contribution in [1.82, 2.24) is 9.80 Å². The van der Waals surface area contributed by atoms with Crippen LogP contribution in [-0.4, -0.2) is 75.5 Å². The summed E-state index contributed by atoms with van der Waals surface area (Å²) in [5, 5.41) is 5.34. The second-order valence-corrected chi connectivity index (χ2v) is 7.42. The van der Waals surface area contributed by atoms with Gasteiger partial charge in [0.2, 0.25) is 0 Å². The van der Waals surface area contributed by atoms with Crippen LogP contribution in [0.2, 0.25) is 0 Å². The number of unbranched alkanes of at least 4 members (excludes halogenated alkanes) is 2. The Kier molecular flexibility index (Phi) is 13.3. The van der Waals surface area contributed by atoms with Gasteiger partial charge in [-0.1, -0.05) is 32.8 Å².